The second-order valence-corrected chi connectivity index (χ2v) is 5.06. The van der Waals surface area contributed by atoms with Gasteiger partial charge in [-0.25, -0.2) is 0 Å². The van der Waals surface area contributed by atoms with Crippen LogP contribution < -0.4 is 20.5 Å². The van der Waals surface area contributed by atoms with Crippen LogP contribution in [0.3, 0.4) is 0 Å². The Bertz CT molecular complexity index is 472. The molecule has 0 aromatic heterocycles. The Balaban J connectivity index is 2.06. The van der Waals surface area contributed by atoms with Gasteiger partial charge in [-0.3, -0.25) is 4.79 Å². The molecule has 0 spiro atoms. The zero-order chi connectivity index (χ0) is 14.5. The van der Waals surface area contributed by atoms with E-state index in [0.29, 0.717) is 30.5 Å². The van der Waals surface area contributed by atoms with Crippen LogP contribution in [-0.2, 0) is 11.2 Å². The van der Waals surface area contributed by atoms with Crippen LogP contribution in [0.4, 0.5) is 0 Å². The lowest BCUT2D eigenvalue weighted by molar-refractivity contribution is -0.127. The van der Waals surface area contributed by atoms with Gasteiger partial charge in [-0.2, -0.15) is 0 Å². The number of carbonyl (C=O) groups is 1. The third-order valence-corrected chi connectivity index (χ3v) is 3.28. The molecule has 1 amide bonds. The van der Waals surface area contributed by atoms with Gasteiger partial charge in [0.1, 0.15) is 11.5 Å². The molecule has 1 aromatic carbocycles. The van der Waals surface area contributed by atoms with Gasteiger partial charge in [-0.15, -0.1) is 0 Å². The monoisotopic (exact) mass is 278 g/mol. The zero-order valence-corrected chi connectivity index (χ0v) is 12.0. The molecule has 2 rings (SSSR count). The maximum atomic E-state index is 11.9. The van der Waals surface area contributed by atoms with Gasteiger partial charge in [0.15, 0.2) is 6.10 Å². The highest BCUT2D eigenvalue weighted by molar-refractivity contribution is 5.81. The predicted molar refractivity (Wildman–Crippen MR) is 77.0 cm³/mol. The summed E-state index contributed by atoms with van der Waals surface area (Å²) in [7, 11) is 1.60. The van der Waals surface area contributed by atoms with Crippen molar-refractivity contribution in [3.05, 3.63) is 23.8 Å². The first-order chi connectivity index (χ1) is 9.63. The molecule has 1 unspecified atom stereocenters. The van der Waals surface area contributed by atoms with E-state index in [2.05, 4.69) is 5.32 Å². The van der Waals surface area contributed by atoms with E-state index in [9.17, 15) is 4.79 Å². The molecule has 5 nitrogen and oxygen atoms in total. The Morgan fingerprint density at radius 3 is 2.85 bits per heavy atom. The largest absolute Gasteiger partial charge is 0.497 e. The lowest BCUT2D eigenvalue weighted by atomic mass is 10.1. The third kappa shape index (κ3) is 3.87. The molecule has 0 saturated heterocycles. The van der Waals surface area contributed by atoms with Crippen LogP contribution in [0.5, 0.6) is 11.5 Å². The van der Waals surface area contributed by atoms with E-state index >= 15 is 0 Å². The van der Waals surface area contributed by atoms with E-state index < -0.39 is 6.10 Å². The number of rotatable bonds is 7. The molecule has 1 saturated carbocycles. The van der Waals surface area contributed by atoms with E-state index in [1.54, 1.807) is 20.1 Å². The zero-order valence-electron chi connectivity index (χ0n) is 12.0. The fourth-order valence-corrected chi connectivity index (χ4v) is 1.92. The highest BCUT2D eigenvalue weighted by Crippen LogP contribution is 2.26. The normalized spacial score (nSPS) is 15.6. The summed E-state index contributed by atoms with van der Waals surface area (Å²) in [6.45, 7) is 2.29. The first-order valence-corrected chi connectivity index (χ1v) is 6.98. The molecule has 5 heteroatoms. The summed E-state index contributed by atoms with van der Waals surface area (Å²) in [5, 5.41) is 2.93. The topological polar surface area (TPSA) is 73.6 Å². The van der Waals surface area contributed by atoms with Crippen molar-refractivity contribution in [3.63, 3.8) is 0 Å². The molecule has 1 aliphatic rings. The number of hydrogen-bond donors (Lipinski definition) is 2. The molecular formula is C15H22N2O3. The van der Waals surface area contributed by atoms with Gasteiger partial charge >= 0.3 is 0 Å². The van der Waals surface area contributed by atoms with E-state index in [1.165, 1.54) is 0 Å². The number of ether oxygens (including phenoxy) is 2. The van der Waals surface area contributed by atoms with Crippen LogP contribution in [0, 0.1) is 0 Å². The molecule has 0 bridgehead atoms. The summed E-state index contributed by atoms with van der Waals surface area (Å²) in [5.74, 6) is 1.29. The number of amides is 1. The molecule has 1 atom stereocenters. The molecule has 20 heavy (non-hydrogen) atoms. The molecule has 1 aromatic rings. The first kappa shape index (κ1) is 14.7. The van der Waals surface area contributed by atoms with Crippen molar-refractivity contribution < 1.29 is 14.3 Å². The highest BCUT2D eigenvalue weighted by atomic mass is 16.5. The Hall–Kier alpha value is -1.75. The third-order valence-electron chi connectivity index (χ3n) is 3.28. The number of hydrogen-bond acceptors (Lipinski definition) is 4. The van der Waals surface area contributed by atoms with Gasteiger partial charge in [0.05, 0.1) is 7.11 Å². The second kappa shape index (κ2) is 6.61. The number of carbonyl (C=O) groups excluding carboxylic acids is 1. The average molecular weight is 278 g/mol. The van der Waals surface area contributed by atoms with Crippen LogP contribution in [0.2, 0.25) is 0 Å². The minimum absolute atomic E-state index is 0.0750. The van der Waals surface area contributed by atoms with Crippen molar-refractivity contribution in [2.45, 2.75) is 38.3 Å². The van der Waals surface area contributed by atoms with Crippen LogP contribution in [0.15, 0.2) is 18.2 Å². The second-order valence-electron chi connectivity index (χ2n) is 5.06. The highest BCUT2D eigenvalue weighted by Gasteiger charge is 2.26. The fraction of sp³-hybridized carbons (Fsp3) is 0.533. The minimum atomic E-state index is -0.528. The smallest absolute Gasteiger partial charge is 0.260 e. The molecule has 0 heterocycles. The van der Waals surface area contributed by atoms with Crippen LogP contribution in [-0.4, -0.2) is 31.7 Å². The van der Waals surface area contributed by atoms with Crippen LogP contribution in [0.1, 0.15) is 25.3 Å². The van der Waals surface area contributed by atoms with Gasteiger partial charge in [-0.05, 0) is 44.4 Å². The minimum Gasteiger partial charge on any atom is -0.497 e. The van der Waals surface area contributed by atoms with Crippen molar-refractivity contribution in [2.75, 3.05) is 13.7 Å². The SMILES string of the molecule is COc1ccc(CCN)c(OC(C)C(=O)NC2CC2)c1. The Kier molecular flexibility index (Phi) is 4.84. The van der Waals surface area contributed by atoms with Gasteiger partial charge < -0.3 is 20.5 Å². The average Bonchev–Trinajstić information content (AvgIpc) is 3.24. The molecule has 0 radical (unpaired) electrons. The standard InChI is InChI=1S/C15H22N2O3/c1-10(15(18)17-12-4-5-12)20-14-9-13(19-2)6-3-11(14)7-8-16/h3,6,9-10,12H,4-5,7-8,16H2,1-2H3,(H,17,18). The van der Waals surface area contributed by atoms with E-state index in [4.69, 9.17) is 15.2 Å². The number of nitrogens with two attached hydrogens (primary N) is 1. The maximum Gasteiger partial charge on any atom is 0.260 e. The van der Waals surface area contributed by atoms with Gasteiger partial charge in [0.2, 0.25) is 0 Å². The molecule has 3 N–H and O–H groups in total. The molecule has 1 fully saturated rings. The van der Waals surface area contributed by atoms with Crippen molar-refractivity contribution in [2.24, 2.45) is 5.73 Å². The Labute approximate surface area is 119 Å². The summed E-state index contributed by atoms with van der Waals surface area (Å²) in [4.78, 5) is 11.9. The summed E-state index contributed by atoms with van der Waals surface area (Å²) >= 11 is 0. The lowest BCUT2D eigenvalue weighted by Gasteiger charge is -2.17. The molecule has 110 valence electrons. The fourth-order valence-electron chi connectivity index (χ4n) is 1.92. The Morgan fingerprint density at radius 2 is 2.25 bits per heavy atom. The first-order valence-electron chi connectivity index (χ1n) is 6.98. The van der Waals surface area contributed by atoms with Gasteiger partial charge in [-0.1, -0.05) is 6.07 Å². The van der Waals surface area contributed by atoms with Crippen molar-refractivity contribution in [1.82, 2.24) is 5.32 Å². The van der Waals surface area contributed by atoms with E-state index in [1.807, 2.05) is 12.1 Å². The van der Waals surface area contributed by atoms with Crippen molar-refractivity contribution in [3.8, 4) is 11.5 Å². The van der Waals surface area contributed by atoms with Crippen LogP contribution >= 0.6 is 0 Å². The summed E-state index contributed by atoms with van der Waals surface area (Å²) in [6, 6.07) is 5.92. The van der Waals surface area contributed by atoms with Crippen molar-refractivity contribution in [1.29, 1.82) is 0 Å². The summed E-state index contributed by atoms with van der Waals surface area (Å²) in [6.07, 6.45) is 2.31. The molecular weight excluding hydrogens is 256 g/mol. The Morgan fingerprint density at radius 1 is 1.50 bits per heavy atom. The summed E-state index contributed by atoms with van der Waals surface area (Å²) in [5.41, 5.74) is 6.58. The maximum absolute atomic E-state index is 11.9. The number of nitrogens with one attached hydrogen (secondary N) is 1. The van der Waals surface area contributed by atoms with E-state index in [-0.39, 0.29) is 5.91 Å². The van der Waals surface area contributed by atoms with E-state index in [0.717, 1.165) is 18.4 Å². The van der Waals surface area contributed by atoms with Crippen LogP contribution in [0.25, 0.3) is 0 Å². The molecule has 0 aliphatic heterocycles. The van der Waals surface area contributed by atoms with Crippen molar-refractivity contribution >= 4 is 5.91 Å². The quantitative estimate of drug-likeness (QED) is 0.787. The number of methoxy groups -OCH3 is 1. The predicted octanol–water partition coefficient (Wildman–Crippen LogP) is 1.24. The number of benzene rings is 1. The van der Waals surface area contributed by atoms with Gasteiger partial charge in [0.25, 0.3) is 5.91 Å². The molecule has 1 aliphatic carbocycles. The summed E-state index contributed by atoms with van der Waals surface area (Å²) < 4.78 is 11.0. The van der Waals surface area contributed by atoms with Gasteiger partial charge in [0, 0.05) is 12.1 Å². The lowest BCUT2D eigenvalue weighted by Crippen LogP contribution is -2.37.